The molecule has 0 fully saturated rings. The second-order valence-electron chi connectivity index (χ2n) is 4.99. The zero-order valence-electron chi connectivity index (χ0n) is 12.8. The van der Waals surface area contributed by atoms with Gasteiger partial charge in [-0.05, 0) is 31.2 Å². The van der Waals surface area contributed by atoms with Gasteiger partial charge in [-0.3, -0.25) is 4.79 Å². The first-order valence-corrected chi connectivity index (χ1v) is 7.35. The van der Waals surface area contributed by atoms with Crippen molar-refractivity contribution in [2.45, 2.75) is 6.92 Å². The van der Waals surface area contributed by atoms with Crippen LogP contribution in [0.1, 0.15) is 17.3 Å². The number of ether oxygens (including phenoxy) is 1. The maximum absolute atomic E-state index is 13.6. The number of carbonyl (C=O) groups excluding carboxylic acids is 1. The van der Waals surface area contributed by atoms with Crippen LogP contribution < -0.4 is 15.7 Å². The van der Waals surface area contributed by atoms with Crippen molar-refractivity contribution >= 4 is 22.6 Å². The normalized spacial score (nSPS) is 10.6. The Labute approximate surface area is 136 Å². The van der Waals surface area contributed by atoms with Crippen LogP contribution in [-0.4, -0.2) is 12.5 Å². The molecular formula is C18H14FNO4. The van der Waals surface area contributed by atoms with Crippen molar-refractivity contribution in [2.24, 2.45) is 0 Å². The number of fused-ring (bicyclic) bond motifs is 1. The van der Waals surface area contributed by atoms with Gasteiger partial charge in [-0.1, -0.05) is 24.3 Å². The first-order valence-electron chi connectivity index (χ1n) is 7.35. The highest BCUT2D eigenvalue weighted by Gasteiger charge is 2.16. The van der Waals surface area contributed by atoms with Crippen LogP contribution in [-0.2, 0) is 0 Å². The molecule has 0 spiro atoms. The van der Waals surface area contributed by atoms with Crippen LogP contribution in [0, 0.1) is 5.82 Å². The van der Waals surface area contributed by atoms with Crippen LogP contribution in [0.5, 0.6) is 5.75 Å². The number of rotatable bonds is 4. The zero-order valence-corrected chi connectivity index (χ0v) is 12.8. The molecule has 1 N–H and O–H groups in total. The molecule has 0 aliphatic carbocycles. The predicted octanol–water partition coefficient (Wildman–Crippen LogP) is 3.58. The summed E-state index contributed by atoms with van der Waals surface area (Å²) in [5.74, 6) is -0.902. The number of benzene rings is 2. The van der Waals surface area contributed by atoms with Crippen LogP contribution in [0.4, 0.5) is 10.1 Å². The fourth-order valence-electron chi connectivity index (χ4n) is 2.30. The number of para-hydroxylation sites is 2. The standard InChI is InChI=1S/C18H14FNO4/c1-2-23-15-9-5-6-11-10-12(18(22)24-16(11)15)17(21)20-14-8-4-3-7-13(14)19/h3-10H,2H2,1H3,(H,20,21). The van der Waals surface area contributed by atoms with Gasteiger partial charge in [0.25, 0.3) is 5.91 Å². The van der Waals surface area contributed by atoms with Crippen LogP contribution in [0.2, 0.25) is 0 Å². The first-order chi connectivity index (χ1) is 11.6. The third-order valence-electron chi connectivity index (χ3n) is 3.39. The monoisotopic (exact) mass is 327 g/mol. The lowest BCUT2D eigenvalue weighted by atomic mass is 10.1. The maximum Gasteiger partial charge on any atom is 0.349 e. The van der Waals surface area contributed by atoms with E-state index >= 15 is 0 Å². The lowest BCUT2D eigenvalue weighted by Crippen LogP contribution is -2.21. The number of amides is 1. The molecule has 6 heteroatoms. The molecule has 24 heavy (non-hydrogen) atoms. The van der Waals surface area contributed by atoms with E-state index in [4.69, 9.17) is 9.15 Å². The molecule has 0 bridgehead atoms. The average molecular weight is 327 g/mol. The van der Waals surface area contributed by atoms with Gasteiger partial charge in [-0.2, -0.15) is 0 Å². The van der Waals surface area contributed by atoms with Gasteiger partial charge in [-0.15, -0.1) is 0 Å². The van der Waals surface area contributed by atoms with E-state index in [-0.39, 0.29) is 16.8 Å². The Morgan fingerprint density at radius 3 is 2.75 bits per heavy atom. The summed E-state index contributed by atoms with van der Waals surface area (Å²) in [5.41, 5.74) is -0.764. The predicted molar refractivity (Wildman–Crippen MR) is 88.0 cm³/mol. The van der Waals surface area contributed by atoms with Gasteiger partial charge in [0.2, 0.25) is 0 Å². The van der Waals surface area contributed by atoms with Gasteiger partial charge in [0.15, 0.2) is 11.3 Å². The average Bonchev–Trinajstić information content (AvgIpc) is 2.57. The van der Waals surface area contributed by atoms with Crippen molar-refractivity contribution in [1.82, 2.24) is 0 Å². The van der Waals surface area contributed by atoms with Gasteiger partial charge >= 0.3 is 5.63 Å². The van der Waals surface area contributed by atoms with Crippen molar-refractivity contribution in [2.75, 3.05) is 11.9 Å². The first kappa shape index (κ1) is 15.7. The lowest BCUT2D eigenvalue weighted by molar-refractivity contribution is 0.102. The summed E-state index contributed by atoms with van der Waals surface area (Å²) in [6.45, 7) is 2.23. The van der Waals surface area contributed by atoms with Crippen molar-refractivity contribution in [3.05, 3.63) is 70.3 Å². The van der Waals surface area contributed by atoms with Gasteiger partial charge in [0.05, 0.1) is 12.3 Å². The minimum Gasteiger partial charge on any atom is -0.490 e. The third-order valence-corrected chi connectivity index (χ3v) is 3.39. The molecule has 0 unspecified atom stereocenters. The molecule has 0 saturated carbocycles. The molecule has 1 aromatic heterocycles. The highest BCUT2D eigenvalue weighted by atomic mass is 19.1. The number of anilines is 1. The fourth-order valence-corrected chi connectivity index (χ4v) is 2.30. The summed E-state index contributed by atoms with van der Waals surface area (Å²) in [6, 6.07) is 12.2. The molecule has 0 aliphatic heterocycles. The molecule has 0 aliphatic rings. The minimum absolute atomic E-state index is 0.00920. The summed E-state index contributed by atoms with van der Waals surface area (Å²) in [7, 11) is 0. The number of carbonyl (C=O) groups is 1. The molecule has 122 valence electrons. The Balaban J connectivity index is 2.01. The van der Waals surface area contributed by atoms with Crippen LogP contribution >= 0.6 is 0 Å². The largest absolute Gasteiger partial charge is 0.490 e. The molecule has 0 atom stereocenters. The molecule has 2 aromatic carbocycles. The van der Waals surface area contributed by atoms with E-state index < -0.39 is 17.3 Å². The van der Waals surface area contributed by atoms with Crippen LogP contribution in [0.25, 0.3) is 11.0 Å². The smallest absolute Gasteiger partial charge is 0.349 e. The molecule has 1 heterocycles. The second kappa shape index (κ2) is 6.54. The van der Waals surface area contributed by atoms with E-state index in [9.17, 15) is 14.0 Å². The summed E-state index contributed by atoms with van der Waals surface area (Å²) < 4.78 is 24.3. The van der Waals surface area contributed by atoms with Gasteiger partial charge in [-0.25, -0.2) is 9.18 Å². The van der Waals surface area contributed by atoms with E-state index in [1.54, 1.807) is 24.3 Å². The van der Waals surface area contributed by atoms with E-state index in [1.165, 1.54) is 24.3 Å². The summed E-state index contributed by atoms with van der Waals surface area (Å²) in [5, 5.41) is 2.91. The van der Waals surface area contributed by atoms with Crippen molar-refractivity contribution in [3.8, 4) is 5.75 Å². The van der Waals surface area contributed by atoms with Crippen LogP contribution in [0.3, 0.4) is 0 Å². The summed E-state index contributed by atoms with van der Waals surface area (Å²) in [6.07, 6.45) is 0. The van der Waals surface area contributed by atoms with E-state index in [0.717, 1.165) is 0 Å². The Bertz CT molecular complexity index is 965. The van der Waals surface area contributed by atoms with E-state index in [2.05, 4.69) is 5.32 Å². The van der Waals surface area contributed by atoms with Crippen LogP contribution in [0.15, 0.2) is 57.7 Å². The molecule has 0 saturated heterocycles. The minimum atomic E-state index is -0.816. The molecule has 5 nitrogen and oxygen atoms in total. The fraction of sp³-hybridized carbons (Fsp3) is 0.111. The third kappa shape index (κ3) is 2.99. The highest BCUT2D eigenvalue weighted by Crippen LogP contribution is 2.25. The molecule has 3 rings (SSSR count). The van der Waals surface area contributed by atoms with Crippen molar-refractivity contribution in [1.29, 1.82) is 0 Å². The second-order valence-corrected chi connectivity index (χ2v) is 4.99. The quantitative estimate of drug-likeness (QED) is 0.744. The summed E-state index contributed by atoms with van der Waals surface area (Å²) in [4.78, 5) is 24.4. The Morgan fingerprint density at radius 2 is 2.00 bits per heavy atom. The maximum atomic E-state index is 13.6. The lowest BCUT2D eigenvalue weighted by Gasteiger charge is -2.08. The van der Waals surface area contributed by atoms with Crippen molar-refractivity contribution in [3.63, 3.8) is 0 Å². The van der Waals surface area contributed by atoms with Gasteiger partial charge in [0, 0.05) is 5.39 Å². The number of hydrogen-bond acceptors (Lipinski definition) is 4. The zero-order chi connectivity index (χ0) is 17.1. The van der Waals surface area contributed by atoms with E-state index in [0.29, 0.717) is 17.7 Å². The molecule has 1 amide bonds. The molecule has 0 radical (unpaired) electrons. The Morgan fingerprint density at radius 1 is 1.21 bits per heavy atom. The SMILES string of the molecule is CCOc1cccc2cc(C(=O)Nc3ccccc3F)c(=O)oc12. The highest BCUT2D eigenvalue weighted by molar-refractivity contribution is 6.05. The van der Waals surface area contributed by atoms with E-state index in [1.807, 2.05) is 6.92 Å². The summed E-state index contributed by atoms with van der Waals surface area (Å²) >= 11 is 0. The Hall–Kier alpha value is -3.15. The Kier molecular flexibility index (Phi) is 4.29. The van der Waals surface area contributed by atoms with Gasteiger partial charge < -0.3 is 14.5 Å². The molecular weight excluding hydrogens is 313 g/mol. The molecule has 3 aromatic rings. The topological polar surface area (TPSA) is 68.5 Å². The number of nitrogens with one attached hydrogen (secondary N) is 1. The number of hydrogen-bond donors (Lipinski definition) is 1. The van der Waals surface area contributed by atoms with Gasteiger partial charge in [0.1, 0.15) is 11.4 Å². The van der Waals surface area contributed by atoms with Crippen molar-refractivity contribution < 1.29 is 18.3 Å². The number of halogens is 1.